The summed E-state index contributed by atoms with van der Waals surface area (Å²) in [5.41, 5.74) is 2.07. The highest BCUT2D eigenvalue weighted by Crippen LogP contribution is 2.21. The van der Waals surface area contributed by atoms with Gasteiger partial charge in [-0.2, -0.15) is 0 Å². The van der Waals surface area contributed by atoms with E-state index in [1.54, 1.807) is 23.6 Å². The van der Waals surface area contributed by atoms with Crippen molar-refractivity contribution in [2.45, 2.75) is 17.8 Å². The lowest BCUT2D eigenvalue weighted by atomic mass is 10.2. The molecule has 0 saturated carbocycles. The van der Waals surface area contributed by atoms with Gasteiger partial charge < -0.3 is 0 Å². The van der Waals surface area contributed by atoms with Crippen molar-refractivity contribution in [3.05, 3.63) is 67.8 Å². The van der Waals surface area contributed by atoms with Gasteiger partial charge in [-0.3, -0.25) is 18.6 Å². The second-order valence-electron chi connectivity index (χ2n) is 5.65. The van der Waals surface area contributed by atoms with Gasteiger partial charge in [0, 0.05) is 29.9 Å². The molecule has 8 heteroatoms. The van der Waals surface area contributed by atoms with Crippen LogP contribution in [0, 0.1) is 6.92 Å². The summed E-state index contributed by atoms with van der Waals surface area (Å²) in [7, 11) is 1.71. The van der Waals surface area contributed by atoms with Crippen LogP contribution < -0.4 is 11.1 Å². The van der Waals surface area contributed by atoms with Gasteiger partial charge in [-0.05, 0) is 19.1 Å². The van der Waals surface area contributed by atoms with Crippen molar-refractivity contribution in [2.24, 2.45) is 7.05 Å². The molecule has 0 bridgehead atoms. The molecule has 6 nitrogen and oxygen atoms in total. The summed E-state index contributed by atoms with van der Waals surface area (Å²) in [6.07, 6.45) is 0. The number of hydrogen-bond acceptors (Lipinski definition) is 6. The Kier molecular flexibility index (Phi) is 3.93. The Labute approximate surface area is 150 Å². The summed E-state index contributed by atoms with van der Waals surface area (Å²) >= 11 is 2.84. The van der Waals surface area contributed by atoms with Crippen LogP contribution in [0.3, 0.4) is 0 Å². The molecule has 3 heterocycles. The first-order chi connectivity index (χ1) is 12.0. The van der Waals surface area contributed by atoms with E-state index in [9.17, 15) is 9.59 Å². The van der Waals surface area contributed by atoms with E-state index >= 15 is 0 Å². The Hall–Kier alpha value is -2.45. The van der Waals surface area contributed by atoms with Gasteiger partial charge in [0.1, 0.15) is 0 Å². The number of para-hydroxylation sites is 1. The molecule has 0 saturated heterocycles. The summed E-state index contributed by atoms with van der Waals surface area (Å²) in [5, 5.41) is 3.11. The minimum absolute atomic E-state index is 0.0783. The number of rotatable bonds is 3. The van der Waals surface area contributed by atoms with Crippen LogP contribution in [0.5, 0.6) is 0 Å². The smallest absolute Gasteiger partial charge is 0.261 e. The highest BCUT2D eigenvalue weighted by atomic mass is 32.2. The number of nitrogens with zero attached hydrogens (tertiary/aromatic N) is 4. The fourth-order valence-electron chi connectivity index (χ4n) is 2.64. The van der Waals surface area contributed by atoms with Crippen molar-refractivity contribution < 1.29 is 0 Å². The molecular formula is C17H14N4O2S2. The molecule has 126 valence electrons. The van der Waals surface area contributed by atoms with Crippen LogP contribution >= 0.6 is 23.1 Å². The van der Waals surface area contributed by atoms with Gasteiger partial charge >= 0.3 is 0 Å². The number of thiazole rings is 1. The first-order valence-corrected chi connectivity index (χ1v) is 9.46. The van der Waals surface area contributed by atoms with Crippen molar-refractivity contribution in [1.82, 2.24) is 18.9 Å². The fraction of sp³-hybridized carbons (Fsp3) is 0.176. The molecule has 0 fully saturated rings. The Morgan fingerprint density at radius 2 is 2.00 bits per heavy atom. The van der Waals surface area contributed by atoms with E-state index in [0.29, 0.717) is 32.5 Å². The van der Waals surface area contributed by atoms with Crippen molar-refractivity contribution in [3.8, 4) is 0 Å². The normalized spacial score (nSPS) is 11.4. The minimum Gasteiger partial charge on any atom is -0.290 e. The predicted octanol–water partition coefficient (Wildman–Crippen LogP) is 2.60. The molecular weight excluding hydrogens is 356 g/mol. The third-order valence-corrected chi connectivity index (χ3v) is 5.93. The van der Waals surface area contributed by atoms with Crippen molar-refractivity contribution in [1.29, 1.82) is 0 Å². The number of hydrogen-bond donors (Lipinski definition) is 0. The molecule has 25 heavy (non-hydrogen) atoms. The van der Waals surface area contributed by atoms with Gasteiger partial charge in [0.15, 0.2) is 10.1 Å². The molecule has 0 atom stereocenters. The summed E-state index contributed by atoms with van der Waals surface area (Å²) in [5.74, 6) is 0.474. The molecule has 0 radical (unpaired) electrons. The van der Waals surface area contributed by atoms with Crippen LogP contribution in [-0.2, 0) is 12.8 Å². The Morgan fingerprint density at radius 1 is 1.20 bits per heavy atom. The van der Waals surface area contributed by atoms with Crippen molar-refractivity contribution in [3.63, 3.8) is 0 Å². The zero-order valence-corrected chi connectivity index (χ0v) is 15.2. The molecule has 1 aromatic carbocycles. The maximum atomic E-state index is 12.4. The number of thioether (sulfide) groups is 1. The lowest BCUT2D eigenvalue weighted by Crippen LogP contribution is -2.20. The van der Waals surface area contributed by atoms with E-state index in [0.717, 1.165) is 5.69 Å². The van der Waals surface area contributed by atoms with E-state index < -0.39 is 0 Å². The third-order valence-electron chi connectivity index (χ3n) is 3.92. The Morgan fingerprint density at radius 3 is 2.84 bits per heavy atom. The maximum absolute atomic E-state index is 12.4. The zero-order chi connectivity index (χ0) is 17.6. The van der Waals surface area contributed by atoms with Crippen molar-refractivity contribution >= 4 is 39.0 Å². The third kappa shape index (κ3) is 2.77. The van der Waals surface area contributed by atoms with Crippen molar-refractivity contribution in [2.75, 3.05) is 0 Å². The maximum Gasteiger partial charge on any atom is 0.261 e. The number of benzene rings is 1. The molecule has 0 aliphatic carbocycles. The van der Waals surface area contributed by atoms with Gasteiger partial charge in [-0.15, -0.1) is 11.3 Å². The average Bonchev–Trinajstić information content (AvgIpc) is 2.98. The highest BCUT2D eigenvalue weighted by Gasteiger charge is 2.11. The predicted molar refractivity (Wildman–Crippen MR) is 101 cm³/mol. The summed E-state index contributed by atoms with van der Waals surface area (Å²) in [4.78, 5) is 34.4. The molecule has 0 spiro atoms. The van der Waals surface area contributed by atoms with E-state index in [4.69, 9.17) is 0 Å². The van der Waals surface area contributed by atoms with Crippen LogP contribution in [0.4, 0.5) is 0 Å². The lowest BCUT2D eigenvalue weighted by Gasteiger charge is -2.08. The van der Waals surface area contributed by atoms with Crippen LogP contribution in [0.2, 0.25) is 0 Å². The highest BCUT2D eigenvalue weighted by molar-refractivity contribution is 7.98. The van der Waals surface area contributed by atoms with Crippen LogP contribution in [0.25, 0.3) is 15.9 Å². The first kappa shape index (κ1) is 16.0. The molecule has 0 aliphatic rings. The van der Waals surface area contributed by atoms with E-state index in [2.05, 4.69) is 9.97 Å². The molecule has 4 rings (SSSR count). The Bertz CT molecular complexity index is 1220. The first-order valence-electron chi connectivity index (χ1n) is 7.60. The average molecular weight is 370 g/mol. The second kappa shape index (κ2) is 6.12. The molecule has 4 aromatic rings. The summed E-state index contributed by atoms with van der Waals surface area (Å²) in [6.45, 7) is 1.88. The quantitative estimate of drug-likeness (QED) is 0.410. The standard InChI is InChI=1S/C17H14N4O2S2/c1-10-8-24-17-18-11(7-14(22)21(10)17)9-25-16-19-13-6-4-3-5-12(13)15(23)20(16)2/h3-8H,9H2,1-2H3. The Balaban J connectivity index is 1.70. The zero-order valence-electron chi connectivity index (χ0n) is 13.6. The number of fused-ring (bicyclic) bond motifs is 2. The SMILES string of the molecule is Cc1csc2nc(CSc3nc4ccccc4c(=O)n3C)cc(=O)n12. The monoisotopic (exact) mass is 370 g/mol. The molecule has 0 aliphatic heterocycles. The number of aromatic nitrogens is 4. The van der Waals surface area contributed by atoms with Crippen LogP contribution in [0.15, 0.2) is 50.5 Å². The topological polar surface area (TPSA) is 69.3 Å². The van der Waals surface area contributed by atoms with E-state index in [1.807, 2.05) is 30.5 Å². The van der Waals surface area contributed by atoms with Gasteiger partial charge in [0.05, 0.1) is 16.6 Å². The van der Waals surface area contributed by atoms with Gasteiger partial charge in [-0.25, -0.2) is 9.97 Å². The lowest BCUT2D eigenvalue weighted by molar-refractivity contribution is 0.726. The molecule has 0 N–H and O–H groups in total. The van der Waals surface area contributed by atoms with Crippen LogP contribution in [-0.4, -0.2) is 18.9 Å². The van der Waals surface area contributed by atoms with E-state index in [1.165, 1.54) is 27.7 Å². The van der Waals surface area contributed by atoms with E-state index in [-0.39, 0.29) is 11.1 Å². The molecule has 0 amide bonds. The van der Waals surface area contributed by atoms with Gasteiger partial charge in [-0.1, -0.05) is 23.9 Å². The van der Waals surface area contributed by atoms with Gasteiger partial charge in [0.25, 0.3) is 11.1 Å². The second-order valence-corrected chi connectivity index (χ2v) is 7.42. The molecule has 0 unspecified atom stereocenters. The molecule has 3 aromatic heterocycles. The van der Waals surface area contributed by atoms with Gasteiger partial charge in [0.2, 0.25) is 0 Å². The fourth-order valence-corrected chi connectivity index (χ4v) is 4.40. The number of aryl methyl sites for hydroxylation is 1. The minimum atomic E-state index is -0.0836. The largest absolute Gasteiger partial charge is 0.290 e. The summed E-state index contributed by atoms with van der Waals surface area (Å²) < 4.78 is 3.14. The summed E-state index contributed by atoms with van der Waals surface area (Å²) in [6, 6.07) is 8.83. The van der Waals surface area contributed by atoms with Crippen LogP contribution in [0.1, 0.15) is 11.4 Å².